The minimum absolute atomic E-state index is 0.0933. The molecule has 0 aliphatic heterocycles. The second-order valence-electron chi connectivity index (χ2n) is 4.37. The van der Waals surface area contributed by atoms with Crippen molar-refractivity contribution in [3.05, 3.63) is 28.5 Å². The maximum atomic E-state index is 11.9. The van der Waals surface area contributed by atoms with Crippen molar-refractivity contribution in [2.45, 2.75) is 12.8 Å². The number of carbonyl (C=O) groups excluding carboxylic acids is 1. The highest BCUT2D eigenvalue weighted by atomic mass is 35.5. The van der Waals surface area contributed by atoms with Crippen LogP contribution in [-0.2, 0) is 4.79 Å². The second kappa shape index (κ2) is 6.88. The fourth-order valence-corrected chi connectivity index (χ4v) is 2.78. The summed E-state index contributed by atoms with van der Waals surface area (Å²) in [5.41, 5.74) is 0.708. The van der Waals surface area contributed by atoms with Crippen LogP contribution in [0.3, 0.4) is 0 Å². The Morgan fingerprint density at radius 3 is 3.15 bits per heavy atom. The third-order valence-corrected chi connectivity index (χ3v) is 3.95. The monoisotopic (exact) mass is 313 g/mol. The van der Waals surface area contributed by atoms with Crippen LogP contribution in [0.25, 0.3) is 11.0 Å². The first-order valence-corrected chi connectivity index (χ1v) is 7.54. The molecule has 0 bridgehead atoms. The number of amides is 1. The van der Waals surface area contributed by atoms with Crippen LogP contribution in [0.2, 0.25) is 5.15 Å². The first-order chi connectivity index (χ1) is 9.63. The molecule has 0 unspecified atom stereocenters. The number of fused-ring (bicyclic) bond motifs is 1. The molecule has 2 aromatic heterocycles. The number of hydrogen-bond donors (Lipinski definition) is 1. The van der Waals surface area contributed by atoms with Crippen molar-refractivity contribution in [1.82, 2.24) is 14.3 Å². The Labute approximate surface area is 126 Å². The number of thiazole rings is 1. The van der Waals surface area contributed by atoms with Crippen LogP contribution in [0.5, 0.6) is 0 Å². The van der Waals surface area contributed by atoms with Crippen LogP contribution in [0.1, 0.15) is 18.5 Å². The number of nitrogens with zero attached hydrogens (tertiary/aromatic N) is 3. The van der Waals surface area contributed by atoms with E-state index in [2.05, 4.69) is 4.98 Å². The molecule has 5 nitrogen and oxygen atoms in total. The molecule has 1 amide bonds. The van der Waals surface area contributed by atoms with Crippen LogP contribution in [-0.4, -0.2) is 45.5 Å². The molecule has 2 heterocycles. The number of aromatic nitrogens is 2. The Balaban J connectivity index is 2.03. The quantitative estimate of drug-likeness (QED) is 0.657. The van der Waals surface area contributed by atoms with Crippen molar-refractivity contribution in [3.8, 4) is 0 Å². The Bertz CT molecular complexity index is 620. The molecule has 0 fully saturated rings. The van der Waals surface area contributed by atoms with Gasteiger partial charge in [0.15, 0.2) is 10.1 Å². The number of imidazole rings is 1. The maximum Gasteiger partial charge on any atom is 0.246 e. The Morgan fingerprint density at radius 1 is 1.60 bits per heavy atom. The van der Waals surface area contributed by atoms with E-state index in [4.69, 9.17) is 16.7 Å². The fourth-order valence-electron chi connectivity index (χ4n) is 1.77. The van der Waals surface area contributed by atoms with E-state index in [1.54, 1.807) is 18.0 Å². The number of aliphatic hydroxyl groups is 1. The van der Waals surface area contributed by atoms with Crippen molar-refractivity contribution >= 4 is 39.9 Å². The predicted octanol–water partition coefficient (Wildman–Crippen LogP) is 2.29. The number of hydrogen-bond acceptors (Lipinski definition) is 4. The lowest BCUT2D eigenvalue weighted by Gasteiger charge is -2.14. The van der Waals surface area contributed by atoms with Crippen LogP contribution in [0.4, 0.5) is 0 Å². The topological polar surface area (TPSA) is 57.8 Å². The maximum absolute atomic E-state index is 11.9. The lowest BCUT2D eigenvalue weighted by atomic mass is 10.3. The summed E-state index contributed by atoms with van der Waals surface area (Å²) < 4.78 is 1.85. The van der Waals surface area contributed by atoms with Crippen molar-refractivity contribution in [1.29, 1.82) is 0 Å². The number of likely N-dealkylation sites (N-methyl/N-ethyl adjacent to an activating group) is 1. The molecule has 108 valence electrons. The Kier molecular flexibility index (Phi) is 5.17. The Hall–Kier alpha value is -1.37. The summed E-state index contributed by atoms with van der Waals surface area (Å²) in [4.78, 5) is 18.5. The van der Waals surface area contributed by atoms with E-state index >= 15 is 0 Å². The molecule has 0 saturated heterocycles. The molecule has 2 rings (SSSR count). The summed E-state index contributed by atoms with van der Waals surface area (Å²) in [6, 6.07) is 0. The molecule has 0 saturated carbocycles. The summed E-state index contributed by atoms with van der Waals surface area (Å²) in [5, 5.41) is 11.0. The fraction of sp³-hybridized carbons (Fsp3) is 0.385. The standard InChI is InChI=1S/C13H16ClN3O2S/c1-16(6-2-3-8-18)11(19)5-4-10-12(14)15-13-17(10)7-9-20-13/h4-5,7,9,18H,2-3,6,8H2,1H3. The van der Waals surface area contributed by atoms with Gasteiger partial charge in [0, 0.05) is 37.9 Å². The molecular formula is C13H16ClN3O2S. The second-order valence-corrected chi connectivity index (χ2v) is 5.60. The van der Waals surface area contributed by atoms with Gasteiger partial charge in [-0.25, -0.2) is 4.98 Å². The SMILES string of the molecule is CN(CCCCO)C(=O)C=Cc1c(Cl)nc2sccn12. The molecule has 0 aromatic carbocycles. The highest BCUT2D eigenvalue weighted by Crippen LogP contribution is 2.22. The van der Waals surface area contributed by atoms with E-state index in [1.807, 2.05) is 16.0 Å². The number of unbranched alkanes of at least 4 members (excludes halogenated alkanes) is 1. The average Bonchev–Trinajstić information content (AvgIpc) is 2.97. The molecule has 7 heteroatoms. The molecule has 0 aliphatic rings. The molecular weight excluding hydrogens is 298 g/mol. The number of rotatable bonds is 6. The van der Waals surface area contributed by atoms with Gasteiger partial charge in [0.05, 0.1) is 5.69 Å². The lowest BCUT2D eigenvalue weighted by molar-refractivity contribution is -0.124. The van der Waals surface area contributed by atoms with Crippen LogP contribution in [0, 0.1) is 0 Å². The zero-order chi connectivity index (χ0) is 14.5. The van der Waals surface area contributed by atoms with Gasteiger partial charge in [0.2, 0.25) is 5.91 Å². The number of halogens is 1. The van der Waals surface area contributed by atoms with Crippen molar-refractivity contribution in [2.24, 2.45) is 0 Å². The third-order valence-electron chi connectivity index (χ3n) is 2.92. The van der Waals surface area contributed by atoms with Gasteiger partial charge in [0.1, 0.15) is 0 Å². The normalized spacial score (nSPS) is 11.6. The van der Waals surface area contributed by atoms with E-state index in [1.165, 1.54) is 17.4 Å². The summed E-state index contributed by atoms with van der Waals surface area (Å²) in [6.45, 7) is 0.775. The van der Waals surface area contributed by atoms with E-state index in [-0.39, 0.29) is 12.5 Å². The minimum Gasteiger partial charge on any atom is -0.396 e. The van der Waals surface area contributed by atoms with E-state index in [0.29, 0.717) is 23.8 Å². The first-order valence-electron chi connectivity index (χ1n) is 6.28. The third kappa shape index (κ3) is 3.39. The summed E-state index contributed by atoms with van der Waals surface area (Å²) in [7, 11) is 1.74. The minimum atomic E-state index is -0.0933. The summed E-state index contributed by atoms with van der Waals surface area (Å²) >= 11 is 7.54. The highest BCUT2D eigenvalue weighted by Gasteiger charge is 2.10. The van der Waals surface area contributed by atoms with Gasteiger partial charge in [-0.1, -0.05) is 11.6 Å². The van der Waals surface area contributed by atoms with Crippen molar-refractivity contribution in [3.63, 3.8) is 0 Å². The number of aliphatic hydroxyl groups excluding tert-OH is 1. The highest BCUT2D eigenvalue weighted by molar-refractivity contribution is 7.15. The predicted molar refractivity (Wildman–Crippen MR) is 81.1 cm³/mol. The van der Waals surface area contributed by atoms with Crippen LogP contribution >= 0.6 is 22.9 Å². The molecule has 20 heavy (non-hydrogen) atoms. The Morgan fingerprint density at radius 2 is 2.40 bits per heavy atom. The van der Waals surface area contributed by atoms with Gasteiger partial charge in [-0.2, -0.15) is 0 Å². The molecule has 1 N–H and O–H groups in total. The van der Waals surface area contributed by atoms with Gasteiger partial charge in [-0.05, 0) is 18.9 Å². The van der Waals surface area contributed by atoms with Crippen molar-refractivity contribution < 1.29 is 9.90 Å². The average molecular weight is 314 g/mol. The smallest absolute Gasteiger partial charge is 0.246 e. The zero-order valence-corrected chi connectivity index (χ0v) is 12.7. The molecule has 0 atom stereocenters. The van der Waals surface area contributed by atoms with Gasteiger partial charge in [-0.15, -0.1) is 11.3 Å². The van der Waals surface area contributed by atoms with E-state index in [0.717, 1.165) is 11.4 Å². The molecule has 0 spiro atoms. The molecule has 0 radical (unpaired) electrons. The number of carbonyl (C=O) groups is 1. The van der Waals surface area contributed by atoms with E-state index < -0.39 is 0 Å². The van der Waals surface area contributed by atoms with Gasteiger partial charge in [0.25, 0.3) is 0 Å². The summed E-state index contributed by atoms with van der Waals surface area (Å²) in [5.74, 6) is -0.0933. The largest absolute Gasteiger partial charge is 0.396 e. The van der Waals surface area contributed by atoms with E-state index in [9.17, 15) is 4.79 Å². The van der Waals surface area contributed by atoms with Crippen LogP contribution in [0.15, 0.2) is 17.7 Å². The zero-order valence-electron chi connectivity index (χ0n) is 11.1. The van der Waals surface area contributed by atoms with Crippen LogP contribution < -0.4 is 0 Å². The first kappa shape index (κ1) is 15.0. The lowest BCUT2D eigenvalue weighted by Crippen LogP contribution is -2.25. The molecule has 0 aliphatic carbocycles. The summed E-state index contributed by atoms with van der Waals surface area (Å²) in [6.07, 6.45) is 6.53. The van der Waals surface area contributed by atoms with Gasteiger partial charge in [-0.3, -0.25) is 9.20 Å². The van der Waals surface area contributed by atoms with Gasteiger partial charge < -0.3 is 10.0 Å². The van der Waals surface area contributed by atoms with Gasteiger partial charge >= 0.3 is 0 Å². The van der Waals surface area contributed by atoms with Crippen molar-refractivity contribution in [2.75, 3.05) is 20.2 Å². The molecule has 2 aromatic rings.